The van der Waals surface area contributed by atoms with Crippen LogP contribution in [0.1, 0.15) is 24.7 Å². The zero-order valence-electron chi connectivity index (χ0n) is 10.0. The van der Waals surface area contributed by atoms with Crippen LogP contribution in [0.3, 0.4) is 0 Å². The maximum absolute atomic E-state index is 12.2. The van der Waals surface area contributed by atoms with Crippen LogP contribution in [0.2, 0.25) is 5.02 Å². The summed E-state index contributed by atoms with van der Waals surface area (Å²) in [4.78, 5) is -0.0476. The third-order valence-electron chi connectivity index (χ3n) is 2.77. The summed E-state index contributed by atoms with van der Waals surface area (Å²) < 4.78 is 32.6. The molecule has 9 heteroatoms. The van der Waals surface area contributed by atoms with E-state index < -0.39 is 10.0 Å². The van der Waals surface area contributed by atoms with Crippen LogP contribution in [0.15, 0.2) is 32.0 Å². The maximum Gasteiger partial charge on any atom is 0.329 e. The number of halogens is 2. The first-order valence-corrected chi connectivity index (χ1v) is 8.42. The average Bonchev–Trinajstić information content (AvgIpc) is 3.10. The van der Waals surface area contributed by atoms with Gasteiger partial charge in [0.1, 0.15) is 4.90 Å². The van der Waals surface area contributed by atoms with Gasteiger partial charge in [-0.05, 0) is 31.0 Å². The van der Waals surface area contributed by atoms with Crippen LogP contribution in [0.5, 0.6) is 0 Å². The summed E-state index contributed by atoms with van der Waals surface area (Å²) >= 11 is 9.15. The second kappa shape index (κ2) is 5.01. The Morgan fingerprint density at radius 3 is 2.75 bits per heavy atom. The number of hydrogen-bond acceptors (Lipinski definition) is 5. The van der Waals surface area contributed by atoms with Gasteiger partial charge in [-0.3, -0.25) is 0 Å². The summed E-state index contributed by atoms with van der Waals surface area (Å²) in [5, 5.41) is 7.59. The molecule has 0 aliphatic heterocycles. The molecule has 0 amide bonds. The number of benzene rings is 1. The Hall–Kier alpha value is -1.12. The van der Waals surface area contributed by atoms with Gasteiger partial charge in [0, 0.05) is 10.4 Å². The van der Waals surface area contributed by atoms with Gasteiger partial charge in [0.2, 0.25) is 5.89 Å². The largest absolute Gasteiger partial charge is 0.407 e. The van der Waals surface area contributed by atoms with E-state index in [0.717, 1.165) is 12.8 Å². The molecule has 0 unspecified atom stereocenters. The molecular weight excluding hydrogens is 370 g/mol. The van der Waals surface area contributed by atoms with Gasteiger partial charge in [-0.25, -0.2) is 13.1 Å². The fourth-order valence-corrected chi connectivity index (χ4v) is 3.60. The summed E-state index contributed by atoms with van der Waals surface area (Å²) in [5.41, 5.74) is 0. The highest BCUT2D eigenvalue weighted by Gasteiger charge is 2.30. The van der Waals surface area contributed by atoms with E-state index in [4.69, 9.17) is 16.0 Å². The summed E-state index contributed by atoms with van der Waals surface area (Å²) in [7, 11) is -3.85. The van der Waals surface area contributed by atoms with Crippen LogP contribution in [-0.2, 0) is 10.0 Å². The van der Waals surface area contributed by atoms with Crippen molar-refractivity contribution in [2.45, 2.75) is 23.7 Å². The maximum atomic E-state index is 12.2. The molecule has 20 heavy (non-hydrogen) atoms. The van der Waals surface area contributed by atoms with Crippen molar-refractivity contribution in [2.75, 3.05) is 4.72 Å². The molecule has 1 aliphatic carbocycles. The molecule has 1 heterocycles. The van der Waals surface area contributed by atoms with Gasteiger partial charge in [-0.1, -0.05) is 32.6 Å². The van der Waals surface area contributed by atoms with Crippen molar-refractivity contribution in [1.82, 2.24) is 10.2 Å². The van der Waals surface area contributed by atoms with Gasteiger partial charge in [0.15, 0.2) is 0 Å². The third kappa shape index (κ3) is 2.82. The molecular formula is C11H9BrClN3O3S. The standard InChI is InChI=1S/C11H9BrClN3O3S/c12-7-3-4-9(8(13)5-7)20(17,18)16-11-15-14-10(19-11)6-1-2-6/h3-6H,1-2H2,(H,15,16). The Labute approximate surface area is 128 Å². The van der Waals surface area contributed by atoms with Crippen molar-refractivity contribution < 1.29 is 12.8 Å². The molecule has 106 valence electrons. The van der Waals surface area contributed by atoms with Gasteiger partial charge < -0.3 is 4.42 Å². The van der Waals surface area contributed by atoms with Gasteiger partial charge in [0.05, 0.1) is 5.02 Å². The lowest BCUT2D eigenvalue weighted by atomic mass is 10.4. The number of anilines is 1. The number of hydrogen-bond donors (Lipinski definition) is 1. The van der Waals surface area contributed by atoms with E-state index in [2.05, 4.69) is 30.8 Å². The molecule has 1 N–H and O–H groups in total. The van der Waals surface area contributed by atoms with Crippen LogP contribution >= 0.6 is 27.5 Å². The predicted molar refractivity (Wildman–Crippen MR) is 76.2 cm³/mol. The molecule has 0 bridgehead atoms. The van der Waals surface area contributed by atoms with Crippen LogP contribution < -0.4 is 4.72 Å². The van der Waals surface area contributed by atoms with Crippen molar-refractivity contribution in [3.8, 4) is 0 Å². The van der Waals surface area contributed by atoms with E-state index in [1.165, 1.54) is 12.1 Å². The fraction of sp³-hybridized carbons (Fsp3) is 0.273. The van der Waals surface area contributed by atoms with Crippen molar-refractivity contribution >= 4 is 43.6 Å². The second-order valence-corrected chi connectivity index (χ2v) is 7.37. The van der Waals surface area contributed by atoms with Crippen LogP contribution in [0, 0.1) is 0 Å². The van der Waals surface area contributed by atoms with Crippen molar-refractivity contribution in [1.29, 1.82) is 0 Å². The number of sulfonamides is 1. The van der Waals surface area contributed by atoms with E-state index in [-0.39, 0.29) is 21.9 Å². The smallest absolute Gasteiger partial charge is 0.329 e. The third-order valence-corrected chi connectivity index (χ3v) is 5.07. The predicted octanol–water partition coefficient (Wildman–Crippen LogP) is 3.16. The first kappa shape index (κ1) is 13.8. The Bertz CT molecular complexity index is 758. The molecule has 1 aliphatic rings. The molecule has 1 saturated carbocycles. The van der Waals surface area contributed by atoms with Gasteiger partial charge in [-0.15, -0.1) is 5.10 Å². The van der Waals surface area contributed by atoms with Crippen molar-refractivity contribution in [2.24, 2.45) is 0 Å². The minimum atomic E-state index is -3.85. The Kier molecular flexibility index (Phi) is 3.47. The molecule has 1 aromatic heterocycles. The molecule has 0 spiro atoms. The van der Waals surface area contributed by atoms with Gasteiger partial charge in [-0.2, -0.15) is 0 Å². The Morgan fingerprint density at radius 1 is 1.35 bits per heavy atom. The SMILES string of the molecule is O=S(=O)(Nc1nnc(C2CC2)o1)c1ccc(Br)cc1Cl. The lowest BCUT2D eigenvalue weighted by Gasteiger charge is -2.06. The molecule has 1 fully saturated rings. The fourth-order valence-electron chi connectivity index (χ4n) is 1.63. The minimum Gasteiger partial charge on any atom is -0.407 e. The van der Waals surface area contributed by atoms with Crippen molar-refractivity contribution in [3.63, 3.8) is 0 Å². The zero-order chi connectivity index (χ0) is 14.3. The summed E-state index contributed by atoms with van der Waals surface area (Å²) in [6.45, 7) is 0. The lowest BCUT2D eigenvalue weighted by molar-refractivity contribution is 0.510. The first-order chi connectivity index (χ1) is 9.45. The molecule has 1 aromatic carbocycles. The van der Waals surface area contributed by atoms with Crippen LogP contribution in [-0.4, -0.2) is 18.6 Å². The number of nitrogens with one attached hydrogen (secondary N) is 1. The number of aromatic nitrogens is 2. The van der Waals surface area contributed by atoms with Gasteiger partial charge in [0.25, 0.3) is 10.0 Å². The molecule has 2 aromatic rings. The summed E-state index contributed by atoms with van der Waals surface area (Å²) in [6.07, 6.45) is 1.99. The topological polar surface area (TPSA) is 85.1 Å². The summed E-state index contributed by atoms with van der Waals surface area (Å²) in [5.74, 6) is 0.724. The molecule has 6 nitrogen and oxygen atoms in total. The second-order valence-electron chi connectivity index (χ2n) is 4.40. The van der Waals surface area contributed by atoms with Crippen LogP contribution in [0.25, 0.3) is 0 Å². The normalized spacial score (nSPS) is 15.3. The van der Waals surface area contributed by atoms with Gasteiger partial charge >= 0.3 is 6.01 Å². The van der Waals surface area contributed by atoms with E-state index >= 15 is 0 Å². The highest BCUT2D eigenvalue weighted by atomic mass is 79.9. The monoisotopic (exact) mass is 377 g/mol. The Morgan fingerprint density at radius 2 is 2.10 bits per heavy atom. The van der Waals surface area contributed by atoms with E-state index in [9.17, 15) is 8.42 Å². The zero-order valence-corrected chi connectivity index (χ0v) is 13.2. The quantitative estimate of drug-likeness (QED) is 0.883. The summed E-state index contributed by atoms with van der Waals surface area (Å²) in [6, 6.07) is 4.34. The highest BCUT2D eigenvalue weighted by molar-refractivity contribution is 9.10. The first-order valence-electron chi connectivity index (χ1n) is 5.77. The van der Waals surface area contributed by atoms with E-state index in [0.29, 0.717) is 10.4 Å². The molecule has 0 atom stereocenters. The van der Waals surface area contributed by atoms with E-state index in [1.807, 2.05) is 0 Å². The lowest BCUT2D eigenvalue weighted by Crippen LogP contribution is -2.13. The van der Waals surface area contributed by atoms with Crippen molar-refractivity contribution in [3.05, 3.63) is 33.6 Å². The molecule has 0 saturated heterocycles. The van der Waals surface area contributed by atoms with E-state index in [1.54, 1.807) is 6.07 Å². The van der Waals surface area contributed by atoms with Crippen LogP contribution in [0.4, 0.5) is 6.01 Å². The average molecular weight is 379 g/mol. The number of rotatable bonds is 4. The number of nitrogens with zero attached hydrogens (tertiary/aromatic N) is 2. The Balaban J connectivity index is 1.87. The highest BCUT2D eigenvalue weighted by Crippen LogP contribution is 2.39. The molecule has 0 radical (unpaired) electrons. The molecule has 3 rings (SSSR count). The minimum absolute atomic E-state index is 0.0476.